The van der Waals surface area contributed by atoms with Gasteiger partial charge in [-0.05, 0) is 83.5 Å². The highest BCUT2D eigenvalue weighted by Crippen LogP contribution is 2.38. The summed E-state index contributed by atoms with van der Waals surface area (Å²) >= 11 is 0. The fourth-order valence-electron chi connectivity index (χ4n) is 8.60. The summed E-state index contributed by atoms with van der Waals surface area (Å²) in [6.07, 6.45) is 74.2. The Labute approximate surface area is 446 Å². The molecule has 2 N–H and O–H groups in total. The van der Waals surface area contributed by atoms with Crippen LogP contribution in [0, 0.1) is 0 Å². The van der Waals surface area contributed by atoms with Gasteiger partial charge in [-0.1, -0.05) is 254 Å². The van der Waals surface area contributed by atoms with Crippen LogP contribution in [-0.2, 0) is 18.4 Å². The summed E-state index contributed by atoms with van der Waals surface area (Å²) in [6.45, 7) is 4.62. The number of allylic oxidation sites excluding steroid dienone is 11. The predicted molar refractivity (Wildman–Crippen MR) is 311 cm³/mol. The molecule has 0 rings (SSSR count). The largest absolute Gasteiger partial charge is 0.756 e. The van der Waals surface area contributed by atoms with Gasteiger partial charge in [0.2, 0.25) is 5.91 Å². The summed E-state index contributed by atoms with van der Waals surface area (Å²) in [5.41, 5.74) is 0. The van der Waals surface area contributed by atoms with Crippen molar-refractivity contribution in [3.63, 3.8) is 0 Å². The van der Waals surface area contributed by atoms with Gasteiger partial charge in [0.15, 0.2) is 0 Å². The summed E-state index contributed by atoms with van der Waals surface area (Å²) in [6, 6.07) is -0.919. The van der Waals surface area contributed by atoms with Gasteiger partial charge in [0, 0.05) is 6.42 Å². The zero-order valence-electron chi connectivity index (χ0n) is 47.9. The molecule has 0 spiro atoms. The maximum absolute atomic E-state index is 13.0. The van der Waals surface area contributed by atoms with Crippen LogP contribution in [0.15, 0.2) is 72.9 Å². The summed E-state index contributed by atoms with van der Waals surface area (Å²) < 4.78 is 23.3. The Balaban J connectivity index is 4.29. The Morgan fingerprint density at radius 1 is 0.486 bits per heavy atom. The first-order valence-corrected chi connectivity index (χ1v) is 31.8. The molecule has 0 aromatic rings. The van der Waals surface area contributed by atoms with Crippen molar-refractivity contribution in [2.45, 2.75) is 283 Å². The standard InChI is InChI=1S/C63H117N2O6P/c1-6-8-10-12-14-16-18-20-22-24-26-28-30-31-32-33-35-36-38-40-42-44-46-48-50-52-54-56-62(66)61(60-71-72(68,69)70-59-58-65(3,4)5)64-63(67)57-55-53-51-49-47-45-43-41-39-37-34-29-27-25-23-21-19-17-15-13-11-9-7-2/h19,21,25,27,34,37-38,40,46,48,54,56,61-62,66H,6-18,20,22-24,26,28-33,35-36,39,41-45,47,49-53,55,57-60H2,1-5H3,(H-,64,67,68,69)/b21-19-,27-25-,37-34-,40-38+,48-46+,56-54+. The Hall–Kier alpha value is -2.06. The highest BCUT2D eigenvalue weighted by Gasteiger charge is 2.23. The highest BCUT2D eigenvalue weighted by molar-refractivity contribution is 7.45. The number of aliphatic hydroxyl groups excluding tert-OH is 1. The van der Waals surface area contributed by atoms with Crippen LogP contribution in [0.1, 0.15) is 271 Å². The molecule has 3 unspecified atom stereocenters. The normalized spacial score (nSPS) is 14.4. The number of phosphoric acid groups is 1. The maximum atomic E-state index is 13.0. The average molecular weight is 1030 g/mol. The number of amides is 1. The molecule has 1 amide bonds. The third-order valence-electron chi connectivity index (χ3n) is 13.4. The van der Waals surface area contributed by atoms with Gasteiger partial charge in [-0.3, -0.25) is 9.36 Å². The number of likely N-dealkylation sites (N-methyl/N-ethyl adjacent to an activating group) is 1. The Bertz CT molecular complexity index is 1400. The lowest BCUT2D eigenvalue weighted by atomic mass is 10.0. The summed E-state index contributed by atoms with van der Waals surface area (Å²) in [7, 11) is 1.23. The topological polar surface area (TPSA) is 108 Å². The molecule has 0 fully saturated rings. The van der Waals surface area contributed by atoms with Gasteiger partial charge in [-0.2, -0.15) is 0 Å². The van der Waals surface area contributed by atoms with E-state index in [1.54, 1.807) is 6.08 Å². The van der Waals surface area contributed by atoms with Crippen molar-refractivity contribution in [2.75, 3.05) is 40.9 Å². The molecular formula is C63H117N2O6P. The molecule has 0 aromatic heterocycles. The highest BCUT2D eigenvalue weighted by atomic mass is 31.2. The second-order valence-electron chi connectivity index (χ2n) is 21.7. The number of nitrogens with one attached hydrogen (secondary N) is 1. The van der Waals surface area contributed by atoms with Crippen LogP contribution in [0.5, 0.6) is 0 Å². The summed E-state index contributed by atoms with van der Waals surface area (Å²) in [5.74, 6) is -0.219. The number of hydrogen-bond acceptors (Lipinski definition) is 6. The van der Waals surface area contributed by atoms with Gasteiger partial charge < -0.3 is 28.8 Å². The van der Waals surface area contributed by atoms with Gasteiger partial charge in [0.05, 0.1) is 39.9 Å². The van der Waals surface area contributed by atoms with Crippen LogP contribution in [0.2, 0.25) is 0 Å². The van der Waals surface area contributed by atoms with Crippen LogP contribution < -0.4 is 10.2 Å². The minimum absolute atomic E-state index is 0.0134. The lowest BCUT2D eigenvalue weighted by Crippen LogP contribution is -2.45. The van der Waals surface area contributed by atoms with Crippen molar-refractivity contribution in [1.29, 1.82) is 0 Å². The van der Waals surface area contributed by atoms with Gasteiger partial charge in [-0.15, -0.1) is 0 Å². The Kier molecular flexibility index (Phi) is 52.2. The summed E-state index contributed by atoms with van der Waals surface area (Å²) in [5, 5.41) is 13.9. The van der Waals surface area contributed by atoms with E-state index in [2.05, 4.69) is 79.9 Å². The minimum Gasteiger partial charge on any atom is -0.756 e. The van der Waals surface area contributed by atoms with Crippen molar-refractivity contribution in [1.82, 2.24) is 5.32 Å². The first-order valence-electron chi connectivity index (χ1n) is 30.3. The van der Waals surface area contributed by atoms with E-state index in [-0.39, 0.29) is 12.5 Å². The number of unbranched alkanes of at least 4 members (excludes halogenated alkanes) is 32. The quantitative estimate of drug-likeness (QED) is 0.0272. The molecule has 0 aliphatic carbocycles. The molecule has 0 heterocycles. The molecule has 0 saturated carbocycles. The SMILES string of the molecule is CCCCCCC/C=C\C/C=C\C/C=C\CCCCCCCCCCC(=O)NC(COP(=O)([O-])OCC[N+](C)(C)C)C(O)/C=C/CC/C=C/CC/C=C/CCCCCCCCCCCCCCCCCCC. The number of quaternary nitrogens is 1. The molecule has 0 aromatic carbocycles. The predicted octanol–water partition coefficient (Wildman–Crippen LogP) is 18.0. The Morgan fingerprint density at radius 2 is 0.819 bits per heavy atom. The van der Waals surface area contributed by atoms with Gasteiger partial charge in [0.1, 0.15) is 13.2 Å². The zero-order valence-corrected chi connectivity index (χ0v) is 48.8. The van der Waals surface area contributed by atoms with Crippen LogP contribution in [-0.4, -0.2) is 68.5 Å². The van der Waals surface area contributed by atoms with Crippen LogP contribution in [0.25, 0.3) is 0 Å². The van der Waals surface area contributed by atoms with E-state index in [4.69, 9.17) is 9.05 Å². The average Bonchev–Trinajstić information content (AvgIpc) is 3.34. The molecule has 420 valence electrons. The fraction of sp³-hybridized carbons (Fsp3) is 0.794. The molecule has 0 aliphatic heterocycles. The third kappa shape index (κ3) is 55.7. The van der Waals surface area contributed by atoms with Crippen molar-refractivity contribution in [2.24, 2.45) is 0 Å². The lowest BCUT2D eigenvalue weighted by molar-refractivity contribution is -0.870. The number of carbonyl (C=O) groups is 1. The minimum atomic E-state index is -4.62. The maximum Gasteiger partial charge on any atom is 0.268 e. The molecule has 72 heavy (non-hydrogen) atoms. The monoisotopic (exact) mass is 1030 g/mol. The number of phosphoric ester groups is 1. The van der Waals surface area contributed by atoms with Crippen molar-refractivity contribution >= 4 is 13.7 Å². The molecular weight excluding hydrogens is 912 g/mol. The number of carbonyl (C=O) groups excluding carboxylic acids is 1. The van der Waals surface area contributed by atoms with E-state index in [0.717, 1.165) is 70.6 Å². The third-order valence-corrected chi connectivity index (χ3v) is 14.3. The number of nitrogens with zero attached hydrogens (tertiary/aromatic N) is 1. The van der Waals surface area contributed by atoms with E-state index in [1.165, 1.54) is 180 Å². The van der Waals surface area contributed by atoms with Crippen LogP contribution in [0.3, 0.4) is 0 Å². The zero-order chi connectivity index (χ0) is 52.7. The summed E-state index contributed by atoms with van der Waals surface area (Å²) in [4.78, 5) is 25.5. The fourth-order valence-corrected chi connectivity index (χ4v) is 9.33. The molecule has 9 heteroatoms. The van der Waals surface area contributed by atoms with E-state index >= 15 is 0 Å². The number of aliphatic hydroxyl groups is 1. The molecule has 0 saturated heterocycles. The first-order chi connectivity index (χ1) is 35.0. The van der Waals surface area contributed by atoms with Crippen LogP contribution in [0.4, 0.5) is 0 Å². The molecule has 0 bridgehead atoms. The lowest BCUT2D eigenvalue weighted by Gasteiger charge is -2.29. The number of hydrogen-bond donors (Lipinski definition) is 2. The second kappa shape index (κ2) is 53.8. The van der Waals surface area contributed by atoms with Crippen molar-refractivity contribution < 1.29 is 32.9 Å². The van der Waals surface area contributed by atoms with E-state index < -0.39 is 26.6 Å². The Morgan fingerprint density at radius 3 is 1.22 bits per heavy atom. The second-order valence-corrected chi connectivity index (χ2v) is 23.1. The van der Waals surface area contributed by atoms with Gasteiger partial charge in [0.25, 0.3) is 7.82 Å². The molecule has 3 atom stereocenters. The van der Waals surface area contributed by atoms with E-state index in [0.29, 0.717) is 17.4 Å². The smallest absolute Gasteiger partial charge is 0.268 e. The van der Waals surface area contributed by atoms with Crippen LogP contribution >= 0.6 is 7.82 Å². The number of rotatable bonds is 55. The van der Waals surface area contributed by atoms with E-state index in [1.807, 2.05) is 27.2 Å². The first kappa shape index (κ1) is 69.9. The molecule has 0 aliphatic rings. The van der Waals surface area contributed by atoms with Crippen molar-refractivity contribution in [3.8, 4) is 0 Å². The molecule has 8 nitrogen and oxygen atoms in total. The van der Waals surface area contributed by atoms with Gasteiger partial charge in [-0.25, -0.2) is 0 Å². The van der Waals surface area contributed by atoms with Crippen molar-refractivity contribution in [3.05, 3.63) is 72.9 Å². The van der Waals surface area contributed by atoms with Gasteiger partial charge >= 0.3 is 0 Å². The molecule has 0 radical (unpaired) electrons. The van der Waals surface area contributed by atoms with E-state index in [9.17, 15) is 19.4 Å².